The van der Waals surface area contributed by atoms with Crippen molar-refractivity contribution in [1.82, 2.24) is 9.80 Å². The fraction of sp³-hybridized carbons (Fsp3) is 0.357. The van der Waals surface area contributed by atoms with Crippen molar-refractivity contribution < 1.29 is 14.0 Å². The van der Waals surface area contributed by atoms with Gasteiger partial charge in [-0.3, -0.25) is 9.59 Å². The Bertz CT molecular complexity index is 551. The van der Waals surface area contributed by atoms with Crippen LogP contribution in [0.15, 0.2) is 24.3 Å². The molecule has 0 aliphatic carbocycles. The molecule has 1 fully saturated rings. The predicted octanol–water partition coefficient (Wildman–Crippen LogP) is 0.910. The van der Waals surface area contributed by atoms with Gasteiger partial charge in [0.25, 0.3) is 0 Å². The van der Waals surface area contributed by atoms with E-state index in [9.17, 15) is 14.0 Å². The molecule has 0 bridgehead atoms. The summed E-state index contributed by atoms with van der Waals surface area (Å²) in [5, 5.41) is 8.48. The molecular formula is C14H14FN3O2. The van der Waals surface area contributed by atoms with Crippen LogP contribution in [0.2, 0.25) is 0 Å². The SMILES string of the molecule is N#CCC(=O)N1CCN(Cc2ccc(F)cc2)C(=O)C1. The minimum Gasteiger partial charge on any atom is -0.335 e. The zero-order chi connectivity index (χ0) is 14.5. The second-order valence-corrected chi connectivity index (χ2v) is 4.59. The molecule has 0 N–H and O–H groups in total. The van der Waals surface area contributed by atoms with E-state index in [0.717, 1.165) is 5.56 Å². The van der Waals surface area contributed by atoms with Crippen LogP contribution in [-0.4, -0.2) is 41.2 Å². The Morgan fingerprint density at radius 2 is 2.00 bits per heavy atom. The lowest BCUT2D eigenvalue weighted by Crippen LogP contribution is -2.51. The van der Waals surface area contributed by atoms with Crippen LogP contribution in [0.4, 0.5) is 4.39 Å². The molecule has 1 aliphatic heterocycles. The lowest BCUT2D eigenvalue weighted by Gasteiger charge is -2.34. The van der Waals surface area contributed by atoms with E-state index in [1.165, 1.54) is 17.0 Å². The smallest absolute Gasteiger partial charge is 0.242 e. The Kier molecular flexibility index (Phi) is 4.31. The van der Waals surface area contributed by atoms with Gasteiger partial charge in [0, 0.05) is 19.6 Å². The van der Waals surface area contributed by atoms with Crippen LogP contribution in [0.1, 0.15) is 12.0 Å². The maximum Gasteiger partial charge on any atom is 0.242 e. The molecule has 1 aromatic rings. The highest BCUT2D eigenvalue weighted by atomic mass is 19.1. The molecule has 1 heterocycles. The third kappa shape index (κ3) is 3.32. The van der Waals surface area contributed by atoms with Crippen molar-refractivity contribution in [3.8, 4) is 6.07 Å². The standard InChI is InChI=1S/C14H14FN3O2/c15-12-3-1-11(2-4-12)9-17-7-8-18(10-14(17)20)13(19)5-6-16/h1-4H,5,7-10H2. The van der Waals surface area contributed by atoms with Crippen LogP contribution in [-0.2, 0) is 16.1 Å². The quantitative estimate of drug-likeness (QED) is 0.823. The predicted molar refractivity (Wildman–Crippen MR) is 68.6 cm³/mol. The number of benzene rings is 1. The summed E-state index contributed by atoms with van der Waals surface area (Å²) in [5.74, 6) is -0.791. The van der Waals surface area contributed by atoms with Crippen LogP contribution in [0, 0.1) is 17.1 Å². The summed E-state index contributed by atoms with van der Waals surface area (Å²) in [6.07, 6.45) is -0.203. The number of nitriles is 1. The number of carbonyl (C=O) groups is 2. The second-order valence-electron chi connectivity index (χ2n) is 4.59. The number of amides is 2. The van der Waals surface area contributed by atoms with Gasteiger partial charge in [-0.2, -0.15) is 5.26 Å². The van der Waals surface area contributed by atoms with Gasteiger partial charge in [-0.05, 0) is 17.7 Å². The summed E-state index contributed by atoms with van der Waals surface area (Å²) in [7, 11) is 0. The molecule has 1 aromatic carbocycles. The summed E-state index contributed by atoms with van der Waals surface area (Å²) in [4.78, 5) is 26.5. The number of rotatable bonds is 3. The van der Waals surface area contributed by atoms with Crippen LogP contribution in [0.3, 0.4) is 0 Å². The highest BCUT2D eigenvalue weighted by molar-refractivity contribution is 5.86. The number of hydrogen-bond donors (Lipinski definition) is 0. The normalized spacial score (nSPS) is 15.1. The highest BCUT2D eigenvalue weighted by Crippen LogP contribution is 2.11. The minimum absolute atomic E-state index is 0.00169. The molecule has 0 unspecified atom stereocenters. The van der Waals surface area contributed by atoms with Gasteiger partial charge in [-0.25, -0.2) is 4.39 Å². The van der Waals surface area contributed by atoms with Gasteiger partial charge >= 0.3 is 0 Å². The topological polar surface area (TPSA) is 64.4 Å². The van der Waals surface area contributed by atoms with Gasteiger partial charge in [0.1, 0.15) is 12.2 Å². The second kappa shape index (κ2) is 6.15. The first kappa shape index (κ1) is 14.0. The van der Waals surface area contributed by atoms with E-state index in [2.05, 4.69) is 0 Å². The Morgan fingerprint density at radius 1 is 1.30 bits per heavy atom. The van der Waals surface area contributed by atoms with E-state index in [1.807, 2.05) is 0 Å². The van der Waals surface area contributed by atoms with Gasteiger partial charge in [-0.1, -0.05) is 12.1 Å². The fourth-order valence-corrected chi connectivity index (χ4v) is 2.08. The molecule has 104 valence electrons. The maximum absolute atomic E-state index is 12.8. The van der Waals surface area contributed by atoms with E-state index >= 15 is 0 Å². The fourth-order valence-electron chi connectivity index (χ4n) is 2.08. The molecule has 0 aromatic heterocycles. The van der Waals surface area contributed by atoms with Crippen LogP contribution >= 0.6 is 0 Å². The summed E-state index contributed by atoms with van der Waals surface area (Å²) >= 11 is 0. The zero-order valence-electron chi connectivity index (χ0n) is 10.9. The Labute approximate surface area is 116 Å². The lowest BCUT2D eigenvalue weighted by atomic mass is 10.2. The number of hydrogen-bond acceptors (Lipinski definition) is 3. The van der Waals surface area contributed by atoms with Gasteiger partial charge < -0.3 is 9.80 Å². The number of piperazine rings is 1. The summed E-state index contributed by atoms with van der Waals surface area (Å²) < 4.78 is 12.8. The van der Waals surface area contributed by atoms with Crippen LogP contribution in [0.5, 0.6) is 0 Å². The first-order valence-electron chi connectivity index (χ1n) is 6.27. The van der Waals surface area contributed by atoms with Crippen molar-refractivity contribution in [1.29, 1.82) is 5.26 Å². The van der Waals surface area contributed by atoms with E-state index in [-0.39, 0.29) is 30.6 Å². The average molecular weight is 275 g/mol. The monoisotopic (exact) mass is 275 g/mol. The van der Waals surface area contributed by atoms with Crippen molar-refractivity contribution in [3.63, 3.8) is 0 Å². The Morgan fingerprint density at radius 3 is 2.60 bits per heavy atom. The molecule has 5 nitrogen and oxygen atoms in total. The molecule has 0 atom stereocenters. The Hall–Kier alpha value is -2.42. The summed E-state index contributed by atoms with van der Waals surface area (Å²) in [6.45, 7) is 1.25. The van der Waals surface area contributed by atoms with Crippen molar-refractivity contribution in [2.45, 2.75) is 13.0 Å². The molecule has 0 spiro atoms. The van der Waals surface area contributed by atoms with Crippen molar-refractivity contribution >= 4 is 11.8 Å². The molecule has 1 saturated heterocycles. The lowest BCUT2D eigenvalue weighted by molar-refractivity contribution is -0.145. The van der Waals surface area contributed by atoms with Crippen LogP contribution in [0.25, 0.3) is 0 Å². The van der Waals surface area contributed by atoms with Gasteiger partial charge in [0.15, 0.2) is 0 Å². The van der Waals surface area contributed by atoms with E-state index in [1.54, 1.807) is 23.1 Å². The van der Waals surface area contributed by atoms with Crippen LogP contribution < -0.4 is 0 Å². The van der Waals surface area contributed by atoms with Crippen molar-refractivity contribution in [2.24, 2.45) is 0 Å². The molecule has 2 amide bonds. The van der Waals surface area contributed by atoms with Crippen molar-refractivity contribution in [2.75, 3.05) is 19.6 Å². The van der Waals surface area contributed by atoms with Gasteiger partial charge in [-0.15, -0.1) is 0 Å². The average Bonchev–Trinajstić information content (AvgIpc) is 2.43. The summed E-state index contributed by atoms with van der Waals surface area (Å²) in [6, 6.07) is 7.76. The number of nitrogens with zero attached hydrogens (tertiary/aromatic N) is 3. The van der Waals surface area contributed by atoms with Gasteiger partial charge in [0.05, 0.1) is 12.6 Å². The third-order valence-corrected chi connectivity index (χ3v) is 3.19. The molecule has 0 saturated carbocycles. The van der Waals surface area contributed by atoms with E-state index in [0.29, 0.717) is 19.6 Å². The minimum atomic E-state index is -0.317. The van der Waals surface area contributed by atoms with E-state index in [4.69, 9.17) is 5.26 Å². The largest absolute Gasteiger partial charge is 0.335 e. The van der Waals surface area contributed by atoms with Crippen molar-refractivity contribution in [3.05, 3.63) is 35.6 Å². The molecular weight excluding hydrogens is 261 g/mol. The zero-order valence-corrected chi connectivity index (χ0v) is 10.9. The molecule has 20 heavy (non-hydrogen) atoms. The number of halogens is 1. The third-order valence-electron chi connectivity index (χ3n) is 3.19. The molecule has 0 radical (unpaired) electrons. The molecule has 2 rings (SSSR count). The molecule has 1 aliphatic rings. The number of carbonyl (C=O) groups excluding carboxylic acids is 2. The Balaban J connectivity index is 1.93. The maximum atomic E-state index is 12.8. The molecule has 6 heteroatoms. The first-order valence-corrected chi connectivity index (χ1v) is 6.27. The highest BCUT2D eigenvalue weighted by Gasteiger charge is 2.26. The van der Waals surface area contributed by atoms with E-state index < -0.39 is 0 Å². The summed E-state index contributed by atoms with van der Waals surface area (Å²) in [5.41, 5.74) is 0.844. The first-order chi connectivity index (χ1) is 9.60. The van der Waals surface area contributed by atoms with Gasteiger partial charge in [0.2, 0.25) is 11.8 Å².